The fraction of sp³-hybridized carbons (Fsp3) is 0.516. The van der Waals surface area contributed by atoms with Gasteiger partial charge in [0.2, 0.25) is 5.88 Å². The number of carbonyl (C=O) groups excluding carboxylic acids is 1. The third kappa shape index (κ3) is 5.98. The van der Waals surface area contributed by atoms with Crippen LogP contribution >= 0.6 is 11.9 Å². The summed E-state index contributed by atoms with van der Waals surface area (Å²) in [5.41, 5.74) is -0.0485. The number of aromatic nitrogens is 3. The lowest BCUT2D eigenvalue weighted by Gasteiger charge is -2.34. The molecule has 0 radical (unpaired) electrons. The summed E-state index contributed by atoms with van der Waals surface area (Å²) < 4.78 is 49.9. The molecule has 224 valence electrons. The minimum Gasteiger partial charge on any atom is -0.477 e. The topological polar surface area (TPSA) is 72.3 Å². The Bertz CT molecular complexity index is 1450. The summed E-state index contributed by atoms with van der Waals surface area (Å²) in [6, 6.07) is 13.4. The molecular weight excluding hydrogens is 563 g/mol. The predicted octanol–water partition coefficient (Wildman–Crippen LogP) is 7.15. The lowest BCUT2D eigenvalue weighted by Crippen LogP contribution is -2.40. The van der Waals surface area contributed by atoms with Crippen LogP contribution in [0.4, 0.5) is 19.0 Å². The van der Waals surface area contributed by atoms with Gasteiger partial charge in [-0.2, -0.15) is 13.2 Å². The van der Waals surface area contributed by atoms with Crippen molar-refractivity contribution in [3.05, 3.63) is 59.8 Å². The van der Waals surface area contributed by atoms with Gasteiger partial charge in [-0.15, -0.1) is 5.10 Å². The molecule has 11 heteroatoms. The zero-order valence-corrected chi connectivity index (χ0v) is 24.7. The molecule has 1 N–H and O–H groups in total. The highest BCUT2D eigenvalue weighted by Crippen LogP contribution is 2.59. The fourth-order valence-electron chi connectivity index (χ4n) is 6.28. The molecule has 7 nitrogen and oxygen atoms in total. The van der Waals surface area contributed by atoms with Crippen LogP contribution in [-0.2, 0) is 6.42 Å². The molecule has 1 unspecified atom stereocenters. The van der Waals surface area contributed by atoms with Crippen LogP contribution in [0.2, 0.25) is 0 Å². The number of pyridine rings is 1. The van der Waals surface area contributed by atoms with Gasteiger partial charge in [0.05, 0.1) is 17.6 Å². The van der Waals surface area contributed by atoms with Crippen molar-refractivity contribution in [1.82, 2.24) is 19.5 Å². The van der Waals surface area contributed by atoms with Crippen molar-refractivity contribution in [3.8, 4) is 11.7 Å². The van der Waals surface area contributed by atoms with Gasteiger partial charge in [0, 0.05) is 29.2 Å². The molecule has 1 aliphatic carbocycles. The lowest BCUT2D eigenvalue weighted by atomic mass is 9.92. The zero-order chi connectivity index (χ0) is 29.5. The number of ether oxygens (including phenoxy) is 1. The number of aryl methyl sites for hydroxylation is 1. The van der Waals surface area contributed by atoms with E-state index in [0.717, 1.165) is 43.5 Å². The Balaban J connectivity index is 1.25. The van der Waals surface area contributed by atoms with E-state index in [-0.39, 0.29) is 43.2 Å². The Morgan fingerprint density at radius 1 is 1.14 bits per heavy atom. The van der Waals surface area contributed by atoms with E-state index in [4.69, 9.17) is 9.72 Å². The van der Waals surface area contributed by atoms with E-state index in [1.165, 1.54) is 17.5 Å². The third-order valence-electron chi connectivity index (χ3n) is 8.89. The van der Waals surface area contributed by atoms with Crippen molar-refractivity contribution in [2.45, 2.75) is 81.8 Å². The normalized spacial score (nSPS) is 21.6. The number of benzene rings is 1. The second kappa shape index (κ2) is 11.1. The van der Waals surface area contributed by atoms with Gasteiger partial charge in [0.15, 0.2) is 5.82 Å². The molecule has 6 rings (SSSR count). The molecule has 3 aromatic rings. The maximum atomic E-state index is 13.5. The van der Waals surface area contributed by atoms with Crippen LogP contribution in [-0.4, -0.2) is 45.5 Å². The smallest absolute Gasteiger partial charge is 0.394 e. The second-order valence-corrected chi connectivity index (χ2v) is 13.3. The van der Waals surface area contributed by atoms with Gasteiger partial charge in [-0.25, -0.2) is 9.67 Å². The van der Waals surface area contributed by atoms with E-state index in [1.807, 2.05) is 12.1 Å². The van der Waals surface area contributed by atoms with Crippen LogP contribution in [0.15, 0.2) is 53.6 Å². The number of hydrogen-bond donors (Lipinski definition) is 1. The van der Waals surface area contributed by atoms with Crippen molar-refractivity contribution >= 4 is 23.7 Å². The molecule has 1 saturated carbocycles. The van der Waals surface area contributed by atoms with Gasteiger partial charge in [0.1, 0.15) is 5.82 Å². The number of amides is 1. The number of rotatable bonds is 5. The first kappa shape index (κ1) is 28.9. The van der Waals surface area contributed by atoms with Crippen molar-refractivity contribution in [3.63, 3.8) is 0 Å². The number of anilines is 1. The molecule has 2 aromatic heterocycles. The van der Waals surface area contributed by atoms with Crippen LogP contribution in [0.3, 0.4) is 0 Å². The van der Waals surface area contributed by atoms with Gasteiger partial charge in [-0.05, 0) is 106 Å². The van der Waals surface area contributed by atoms with Crippen LogP contribution in [0.25, 0.3) is 5.82 Å². The van der Waals surface area contributed by atoms with Gasteiger partial charge in [-0.3, -0.25) is 9.52 Å². The van der Waals surface area contributed by atoms with Gasteiger partial charge < -0.3 is 9.64 Å². The number of carbonyl (C=O) groups is 1. The van der Waals surface area contributed by atoms with E-state index >= 15 is 0 Å². The lowest BCUT2D eigenvalue weighted by molar-refractivity contribution is -0.190. The molecule has 4 bridgehead atoms. The number of alkyl halides is 3. The molecule has 1 saturated heterocycles. The first-order chi connectivity index (χ1) is 20.0. The Morgan fingerprint density at radius 3 is 2.76 bits per heavy atom. The predicted molar refractivity (Wildman–Crippen MR) is 156 cm³/mol. The average Bonchev–Trinajstić information content (AvgIpc) is 3.50. The van der Waals surface area contributed by atoms with E-state index < -0.39 is 11.6 Å². The molecule has 2 fully saturated rings. The molecule has 3 aliphatic rings. The molecule has 42 heavy (non-hydrogen) atoms. The number of nitrogens with one attached hydrogen (secondary N) is 1. The summed E-state index contributed by atoms with van der Waals surface area (Å²) in [6.07, 6.45) is 3.10. The van der Waals surface area contributed by atoms with E-state index in [2.05, 4.69) is 40.7 Å². The Hall–Kier alpha value is -3.21. The number of halogens is 3. The summed E-state index contributed by atoms with van der Waals surface area (Å²) in [5.74, 6) is 1.60. The van der Waals surface area contributed by atoms with Crippen LogP contribution < -0.4 is 14.4 Å². The minimum atomic E-state index is -4.20. The molecule has 2 aliphatic heterocycles. The summed E-state index contributed by atoms with van der Waals surface area (Å²) >= 11 is 1.30. The Kier molecular flexibility index (Phi) is 7.66. The van der Waals surface area contributed by atoms with E-state index in [9.17, 15) is 18.0 Å². The van der Waals surface area contributed by atoms with Crippen molar-refractivity contribution in [1.29, 1.82) is 0 Å². The van der Waals surface area contributed by atoms with Crippen LogP contribution in [0.1, 0.15) is 74.7 Å². The van der Waals surface area contributed by atoms with Crippen molar-refractivity contribution < 1.29 is 22.7 Å². The van der Waals surface area contributed by atoms with E-state index in [0.29, 0.717) is 23.1 Å². The first-order valence-electron chi connectivity index (χ1n) is 14.6. The SMILES string of the molecule is CC1(C)CC2CCCCc3cccc(c3)SNC(=O)c3ccc(-n4ccc(OCCC5(C(F)(F)F)CC5)n4)nc3N1C2. The first-order valence-corrected chi connectivity index (χ1v) is 15.5. The number of nitrogens with zero attached hydrogens (tertiary/aromatic N) is 4. The average molecular weight is 600 g/mol. The maximum Gasteiger partial charge on any atom is 0.394 e. The van der Waals surface area contributed by atoms with Gasteiger partial charge in [0.25, 0.3) is 5.91 Å². The maximum absolute atomic E-state index is 13.5. The summed E-state index contributed by atoms with van der Waals surface area (Å²) in [4.78, 5) is 21.7. The second-order valence-electron chi connectivity index (χ2n) is 12.4. The Morgan fingerprint density at radius 2 is 1.98 bits per heavy atom. The molecule has 4 heterocycles. The highest BCUT2D eigenvalue weighted by atomic mass is 32.2. The molecular formula is C31H36F3N5O2S. The third-order valence-corrected chi connectivity index (χ3v) is 9.67. The minimum absolute atomic E-state index is 0.0573. The standard InChI is InChI=1S/C31H36F3N5O2S/c1-29(2)19-22-7-4-3-6-21-8-5-9-23(18-21)42-37-28(40)24-10-11-25(35-27(24)38(29)20-22)39-16-12-26(36-39)41-17-15-30(13-14-30)31(32,33)34/h5,8-12,16,18,22H,3-4,6-7,13-15,17,19-20H2,1-2H3,(H,37,40). The van der Waals surface area contributed by atoms with Gasteiger partial charge >= 0.3 is 6.18 Å². The largest absolute Gasteiger partial charge is 0.477 e. The molecule has 1 aromatic carbocycles. The summed E-state index contributed by atoms with van der Waals surface area (Å²) in [5, 5.41) is 4.43. The fourth-order valence-corrected chi connectivity index (χ4v) is 6.96. The van der Waals surface area contributed by atoms with Crippen LogP contribution in [0.5, 0.6) is 5.88 Å². The monoisotopic (exact) mass is 599 g/mol. The quantitative estimate of drug-likeness (QED) is 0.314. The molecule has 1 amide bonds. The highest BCUT2D eigenvalue weighted by molar-refractivity contribution is 7.98. The summed E-state index contributed by atoms with van der Waals surface area (Å²) in [6.45, 7) is 5.13. The number of hydrogen-bond acceptors (Lipinski definition) is 6. The molecule has 0 spiro atoms. The van der Waals surface area contributed by atoms with Gasteiger partial charge in [-0.1, -0.05) is 18.6 Å². The zero-order valence-electron chi connectivity index (χ0n) is 23.9. The van der Waals surface area contributed by atoms with Crippen molar-refractivity contribution in [2.24, 2.45) is 11.3 Å². The highest BCUT2D eigenvalue weighted by Gasteiger charge is 2.62. The van der Waals surface area contributed by atoms with Crippen LogP contribution in [0, 0.1) is 11.3 Å². The Labute approximate surface area is 248 Å². The summed E-state index contributed by atoms with van der Waals surface area (Å²) in [7, 11) is 0. The number of fused-ring (bicyclic) bond motifs is 6. The molecule has 1 atom stereocenters. The van der Waals surface area contributed by atoms with Crippen molar-refractivity contribution in [2.75, 3.05) is 18.1 Å². The van der Waals surface area contributed by atoms with E-state index in [1.54, 1.807) is 29.1 Å².